The van der Waals surface area contributed by atoms with Crippen molar-refractivity contribution in [2.75, 3.05) is 25.9 Å². The average molecular weight is 399 g/mol. The number of likely N-dealkylation sites (tertiary alicyclic amines) is 1. The Balaban J connectivity index is 1.41. The topological polar surface area (TPSA) is 58.4 Å². The Morgan fingerprint density at radius 1 is 1.37 bits per heavy atom. The first kappa shape index (κ1) is 19.3. The minimum absolute atomic E-state index is 0.00442. The van der Waals surface area contributed by atoms with E-state index in [2.05, 4.69) is 10.00 Å². The van der Waals surface area contributed by atoms with Crippen molar-refractivity contribution in [3.05, 3.63) is 18.0 Å². The number of fused-ring (bicyclic) bond motifs is 2. The number of sulfonamides is 1. The molecule has 0 unspecified atom stereocenters. The van der Waals surface area contributed by atoms with E-state index in [9.17, 15) is 12.8 Å². The van der Waals surface area contributed by atoms with Crippen LogP contribution in [0, 0.1) is 11.3 Å². The Bertz CT molecular complexity index is 772. The first-order valence-electron chi connectivity index (χ1n) is 10.1. The second kappa shape index (κ2) is 7.12. The molecule has 3 aliphatic rings. The molecule has 2 atom stereocenters. The van der Waals surface area contributed by atoms with Crippen molar-refractivity contribution in [3.63, 3.8) is 0 Å². The summed E-state index contributed by atoms with van der Waals surface area (Å²) in [5, 5.41) is 4.17. The zero-order valence-electron chi connectivity index (χ0n) is 16.3. The molecule has 6 nitrogen and oxygen atoms in total. The molecule has 0 amide bonds. The Morgan fingerprint density at radius 2 is 2.11 bits per heavy atom. The summed E-state index contributed by atoms with van der Waals surface area (Å²) in [6.07, 6.45) is 6.77. The smallest absolute Gasteiger partial charge is 0.214 e. The summed E-state index contributed by atoms with van der Waals surface area (Å²) in [5.41, 5.74) is 1.02. The van der Waals surface area contributed by atoms with Gasteiger partial charge in [-0.3, -0.25) is 9.58 Å². The molecule has 4 rings (SSSR count). The van der Waals surface area contributed by atoms with Gasteiger partial charge in [0, 0.05) is 46.0 Å². The molecule has 2 bridgehead atoms. The van der Waals surface area contributed by atoms with Gasteiger partial charge >= 0.3 is 0 Å². The van der Waals surface area contributed by atoms with Crippen LogP contribution in [0.5, 0.6) is 0 Å². The van der Waals surface area contributed by atoms with E-state index < -0.39 is 16.2 Å². The number of likely N-dealkylation sites (N-methyl/N-ethyl adjacent to an activating group) is 1. The Hall–Kier alpha value is -0.990. The number of halogens is 1. The number of hydrogen-bond acceptors (Lipinski definition) is 4. The predicted octanol–water partition coefficient (Wildman–Crippen LogP) is 2.17. The first-order valence-corrected chi connectivity index (χ1v) is 11.7. The van der Waals surface area contributed by atoms with Gasteiger partial charge in [-0.15, -0.1) is 0 Å². The minimum atomic E-state index is -3.32. The minimum Gasteiger partial charge on any atom is -0.290 e. The van der Waals surface area contributed by atoms with Gasteiger partial charge in [-0.05, 0) is 55.9 Å². The monoisotopic (exact) mass is 398 g/mol. The van der Waals surface area contributed by atoms with Crippen molar-refractivity contribution in [3.8, 4) is 0 Å². The van der Waals surface area contributed by atoms with Crippen LogP contribution in [-0.2, 0) is 23.6 Å². The molecule has 152 valence electrons. The third-order valence-electron chi connectivity index (χ3n) is 7.08. The summed E-state index contributed by atoms with van der Waals surface area (Å²) in [6.45, 7) is 1.32. The molecule has 8 heteroatoms. The lowest BCUT2D eigenvalue weighted by Crippen LogP contribution is -2.43. The van der Waals surface area contributed by atoms with Gasteiger partial charge in [0.05, 0.1) is 11.4 Å². The average Bonchev–Trinajstić information content (AvgIpc) is 3.34. The second-order valence-electron chi connectivity index (χ2n) is 9.05. The van der Waals surface area contributed by atoms with Crippen molar-refractivity contribution in [1.82, 2.24) is 19.0 Å². The molecule has 2 heterocycles. The number of aromatic nitrogens is 2. The van der Waals surface area contributed by atoms with Gasteiger partial charge in [-0.2, -0.15) is 5.10 Å². The van der Waals surface area contributed by atoms with Crippen LogP contribution in [0.4, 0.5) is 4.39 Å². The van der Waals surface area contributed by atoms with E-state index in [-0.39, 0.29) is 17.2 Å². The zero-order valence-corrected chi connectivity index (χ0v) is 17.2. The highest BCUT2D eigenvalue weighted by Crippen LogP contribution is 2.54. The fraction of sp³-hybridized carbons (Fsp3) is 0.842. The van der Waals surface area contributed by atoms with Crippen LogP contribution >= 0.6 is 0 Å². The lowest BCUT2D eigenvalue weighted by molar-refractivity contribution is 0.208. The van der Waals surface area contributed by atoms with E-state index in [1.807, 2.05) is 13.1 Å². The van der Waals surface area contributed by atoms with Gasteiger partial charge in [-0.1, -0.05) is 0 Å². The van der Waals surface area contributed by atoms with Crippen molar-refractivity contribution in [2.45, 2.75) is 57.3 Å². The Morgan fingerprint density at radius 3 is 2.70 bits per heavy atom. The molecule has 3 fully saturated rings. The van der Waals surface area contributed by atoms with Crippen molar-refractivity contribution in [2.24, 2.45) is 18.4 Å². The summed E-state index contributed by atoms with van der Waals surface area (Å²) in [5.74, 6) is 1.00. The van der Waals surface area contributed by atoms with E-state index in [1.165, 1.54) is 17.1 Å². The van der Waals surface area contributed by atoms with E-state index in [1.54, 1.807) is 17.9 Å². The maximum absolute atomic E-state index is 14.1. The predicted molar refractivity (Wildman–Crippen MR) is 102 cm³/mol. The molecule has 1 saturated heterocycles. The number of alkyl halides is 1. The molecule has 1 aromatic rings. The van der Waals surface area contributed by atoms with Crippen LogP contribution in [0.3, 0.4) is 0 Å². The second-order valence-corrected chi connectivity index (χ2v) is 11.1. The van der Waals surface area contributed by atoms with Gasteiger partial charge < -0.3 is 0 Å². The molecular formula is C19H31FN4O2S. The summed E-state index contributed by atoms with van der Waals surface area (Å²) in [6, 6.07) is 1.84. The quantitative estimate of drug-likeness (QED) is 0.706. The van der Waals surface area contributed by atoms with E-state index >= 15 is 0 Å². The standard InChI is InChI=1S/C19H31FN4O2S/c1-22(27(25,26)14-19-6-3-15(10-19)4-7-19)12-18-9-16(20)11-24(18)13-17-5-8-21-23(17)2/h5,8,15-16,18H,3-4,6-7,9-14H2,1-2H3/t15?,16-,18-,19?/m0/s1. The number of nitrogens with zero attached hydrogens (tertiary/aromatic N) is 4. The molecule has 1 aliphatic heterocycles. The van der Waals surface area contributed by atoms with Crippen LogP contribution < -0.4 is 0 Å². The first-order chi connectivity index (χ1) is 12.8. The third-order valence-corrected chi connectivity index (χ3v) is 9.16. The van der Waals surface area contributed by atoms with Crippen LogP contribution in [0.1, 0.15) is 44.2 Å². The van der Waals surface area contributed by atoms with E-state index in [0.29, 0.717) is 26.1 Å². The van der Waals surface area contributed by atoms with Gasteiger partial charge in [0.1, 0.15) is 6.17 Å². The van der Waals surface area contributed by atoms with Gasteiger partial charge in [0.15, 0.2) is 0 Å². The molecule has 0 N–H and O–H groups in total. The zero-order chi connectivity index (χ0) is 19.2. The Labute approximate surface area is 161 Å². The van der Waals surface area contributed by atoms with Gasteiger partial charge in [0.2, 0.25) is 10.0 Å². The normalized spacial score (nSPS) is 34.1. The number of hydrogen-bond donors (Lipinski definition) is 0. The van der Waals surface area contributed by atoms with Gasteiger partial charge in [0.25, 0.3) is 0 Å². The number of rotatable bonds is 7. The van der Waals surface area contributed by atoms with Crippen molar-refractivity contribution < 1.29 is 12.8 Å². The summed E-state index contributed by atoms with van der Waals surface area (Å²) < 4.78 is 43.4. The molecule has 1 aromatic heterocycles. The largest absolute Gasteiger partial charge is 0.290 e. The lowest BCUT2D eigenvalue weighted by atomic mass is 9.87. The van der Waals surface area contributed by atoms with Crippen LogP contribution in [0.2, 0.25) is 0 Å². The highest BCUT2D eigenvalue weighted by atomic mass is 32.2. The molecule has 0 spiro atoms. The fourth-order valence-corrected chi connectivity index (χ4v) is 7.29. The fourth-order valence-electron chi connectivity index (χ4n) is 5.49. The molecule has 2 aliphatic carbocycles. The highest BCUT2D eigenvalue weighted by molar-refractivity contribution is 7.89. The molecular weight excluding hydrogens is 367 g/mol. The van der Waals surface area contributed by atoms with Crippen molar-refractivity contribution >= 4 is 10.0 Å². The summed E-state index contributed by atoms with van der Waals surface area (Å²) in [4.78, 5) is 2.06. The highest BCUT2D eigenvalue weighted by Gasteiger charge is 2.48. The van der Waals surface area contributed by atoms with Crippen molar-refractivity contribution in [1.29, 1.82) is 0 Å². The number of aryl methyl sites for hydroxylation is 1. The Kier molecular flexibility index (Phi) is 5.10. The van der Waals surface area contributed by atoms with Crippen LogP contribution in [-0.4, -0.2) is 65.5 Å². The van der Waals surface area contributed by atoms with Gasteiger partial charge in [-0.25, -0.2) is 17.1 Å². The van der Waals surface area contributed by atoms with E-state index in [4.69, 9.17) is 0 Å². The maximum Gasteiger partial charge on any atom is 0.214 e. The third kappa shape index (κ3) is 3.93. The molecule has 0 radical (unpaired) electrons. The lowest BCUT2D eigenvalue weighted by Gasteiger charge is -2.31. The molecule has 2 saturated carbocycles. The van der Waals surface area contributed by atoms with E-state index in [0.717, 1.165) is 30.9 Å². The SMILES string of the molecule is CN(C[C@@H]1C[C@H](F)CN1Cc1ccnn1C)S(=O)(=O)CC12CCC(CC1)C2. The maximum atomic E-state index is 14.1. The summed E-state index contributed by atoms with van der Waals surface area (Å²) in [7, 11) is 0.223. The van der Waals surface area contributed by atoms with Crippen LogP contribution in [0.15, 0.2) is 12.3 Å². The molecule has 0 aromatic carbocycles. The molecule has 27 heavy (non-hydrogen) atoms. The van der Waals surface area contributed by atoms with Crippen LogP contribution in [0.25, 0.3) is 0 Å². The summed E-state index contributed by atoms with van der Waals surface area (Å²) >= 11 is 0.